The van der Waals surface area contributed by atoms with E-state index in [0.29, 0.717) is 12.5 Å². The molecule has 0 spiro atoms. The third-order valence-corrected chi connectivity index (χ3v) is 3.42. The minimum atomic E-state index is 0.317. The van der Waals surface area contributed by atoms with Crippen LogP contribution in [0.4, 0.5) is 0 Å². The second-order valence-electron chi connectivity index (χ2n) is 4.94. The molecule has 0 bridgehead atoms. The molecule has 16 heavy (non-hydrogen) atoms. The lowest BCUT2D eigenvalue weighted by Gasteiger charge is -2.41. The Morgan fingerprint density at radius 2 is 2.00 bits per heavy atom. The third-order valence-electron chi connectivity index (χ3n) is 3.42. The second kappa shape index (κ2) is 5.46. The van der Waals surface area contributed by atoms with Crippen molar-refractivity contribution >= 4 is 0 Å². The van der Waals surface area contributed by atoms with Crippen LogP contribution in [-0.4, -0.2) is 36.2 Å². The molecular weight excluding hydrogens is 198 g/mol. The molecule has 2 heteroatoms. The summed E-state index contributed by atoms with van der Waals surface area (Å²) < 4.78 is 0. The van der Waals surface area contributed by atoms with Gasteiger partial charge < -0.3 is 10.0 Å². The van der Waals surface area contributed by atoms with E-state index in [1.807, 2.05) is 0 Å². The number of nitrogens with zero attached hydrogens (tertiary/aromatic N) is 1. The summed E-state index contributed by atoms with van der Waals surface area (Å²) in [7, 11) is 0. The Hall–Kier alpha value is -0.860. The summed E-state index contributed by atoms with van der Waals surface area (Å²) in [6.07, 6.45) is 0.923. The molecule has 0 radical (unpaired) electrons. The number of rotatable bonds is 5. The molecule has 0 saturated carbocycles. The largest absolute Gasteiger partial charge is 0.396 e. The zero-order valence-electron chi connectivity index (χ0n) is 9.97. The first-order chi connectivity index (χ1) is 7.79. The zero-order valence-corrected chi connectivity index (χ0v) is 9.97. The lowest BCUT2D eigenvalue weighted by molar-refractivity contribution is 0.118. The molecule has 1 saturated heterocycles. The van der Waals surface area contributed by atoms with Crippen LogP contribution >= 0.6 is 0 Å². The SMILES string of the molecule is CC(CCO)CN1CC(c2ccccc2)C1. The monoisotopic (exact) mass is 219 g/mol. The Morgan fingerprint density at radius 1 is 1.31 bits per heavy atom. The number of hydrogen-bond donors (Lipinski definition) is 1. The van der Waals surface area contributed by atoms with Gasteiger partial charge in [0.2, 0.25) is 0 Å². The number of hydrogen-bond acceptors (Lipinski definition) is 2. The van der Waals surface area contributed by atoms with Crippen molar-refractivity contribution in [3.8, 4) is 0 Å². The van der Waals surface area contributed by atoms with Crippen molar-refractivity contribution in [3.05, 3.63) is 35.9 Å². The summed E-state index contributed by atoms with van der Waals surface area (Å²) >= 11 is 0. The summed E-state index contributed by atoms with van der Waals surface area (Å²) in [6.45, 7) is 6.02. The summed E-state index contributed by atoms with van der Waals surface area (Å²) in [5.41, 5.74) is 1.47. The van der Waals surface area contributed by atoms with Gasteiger partial charge in [-0.15, -0.1) is 0 Å². The van der Waals surface area contributed by atoms with Crippen molar-refractivity contribution in [2.75, 3.05) is 26.2 Å². The molecule has 2 rings (SSSR count). The fourth-order valence-corrected chi connectivity index (χ4v) is 2.41. The maximum Gasteiger partial charge on any atom is 0.0434 e. The van der Waals surface area contributed by atoms with Crippen LogP contribution in [0.15, 0.2) is 30.3 Å². The minimum Gasteiger partial charge on any atom is -0.396 e. The molecule has 1 aliphatic heterocycles. The Balaban J connectivity index is 1.74. The van der Waals surface area contributed by atoms with E-state index in [1.165, 1.54) is 18.7 Å². The summed E-state index contributed by atoms with van der Waals surface area (Å²) in [6, 6.07) is 10.8. The topological polar surface area (TPSA) is 23.5 Å². The van der Waals surface area contributed by atoms with E-state index in [4.69, 9.17) is 5.11 Å². The van der Waals surface area contributed by atoms with Crippen LogP contribution in [0, 0.1) is 5.92 Å². The van der Waals surface area contributed by atoms with E-state index >= 15 is 0 Å². The summed E-state index contributed by atoms with van der Waals surface area (Å²) in [5.74, 6) is 1.34. The second-order valence-corrected chi connectivity index (χ2v) is 4.94. The lowest BCUT2D eigenvalue weighted by Crippen LogP contribution is -2.46. The van der Waals surface area contributed by atoms with Crippen molar-refractivity contribution in [2.24, 2.45) is 5.92 Å². The highest BCUT2D eigenvalue weighted by Gasteiger charge is 2.28. The minimum absolute atomic E-state index is 0.317. The van der Waals surface area contributed by atoms with Gasteiger partial charge in [0.1, 0.15) is 0 Å². The van der Waals surface area contributed by atoms with Crippen LogP contribution in [0.3, 0.4) is 0 Å². The number of likely N-dealkylation sites (tertiary alicyclic amines) is 1. The normalized spacial score (nSPS) is 19.4. The number of aliphatic hydroxyl groups excluding tert-OH is 1. The van der Waals surface area contributed by atoms with E-state index in [2.05, 4.69) is 42.2 Å². The van der Waals surface area contributed by atoms with Crippen LogP contribution in [0.5, 0.6) is 0 Å². The molecule has 0 amide bonds. The molecule has 1 N–H and O–H groups in total. The average Bonchev–Trinajstić information content (AvgIpc) is 2.24. The zero-order chi connectivity index (χ0) is 11.4. The van der Waals surface area contributed by atoms with Gasteiger partial charge in [0.05, 0.1) is 0 Å². The molecule has 1 heterocycles. The van der Waals surface area contributed by atoms with Gasteiger partial charge in [0.15, 0.2) is 0 Å². The van der Waals surface area contributed by atoms with Gasteiger partial charge in [-0.05, 0) is 17.9 Å². The first kappa shape index (κ1) is 11.6. The molecule has 1 aromatic carbocycles. The van der Waals surface area contributed by atoms with Gasteiger partial charge in [-0.2, -0.15) is 0 Å². The van der Waals surface area contributed by atoms with E-state index < -0.39 is 0 Å². The van der Waals surface area contributed by atoms with E-state index in [0.717, 1.165) is 18.9 Å². The first-order valence-electron chi connectivity index (χ1n) is 6.17. The van der Waals surface area contributed by atoms with Crippen LogP contribution in [-0.2, 0) is 0 Å². The Morgan fingerprint density at radius 3 is 2.62 bits per heavy atom. The van der Waals surface area contributed by atoms with Gasteiger partial charge >= 0.3 is 0 Å². The first-order valence-corrected chi connectivity index (χ1v) is 6.17. The van der Waals surface area contributed by atoms with Gasteiger partial charge in [-0.3, -0.25) is 0 Å². The van der Waals surface area contributed by atoms with Gasteiger partial charge in [0, 0.05) is 32.2 Å². The lowest BCUT2D eigenvalue weighted by atomic mass is 9.90. The molecule has 0 aliphatic carbocycles. The van der Waals surface area contributed by atoms with Crippen molar-refractivity contribution in [1.29, 1.82) is 0 Å². The molecule has 1 atom stereocenters. The molecule has 1 aliphatic rings. The third kappa shape index (κ3) is 2.83. The fraction of sp³-hybridized carbons (Fsp3) is 0.571. The smallest absolute Gasteiger partial charge is 0.0434 e. The molecule has 88 valence electrons. The van der Waals surface area contributed by atoms with Crippen LogP contribution in [0.2, 0.25) is 0 Å². The predicted octanol–water partition coefficient (Wildman–Crippen LogP) is 2.10. The van der Waals surface area contributed by atoms with E-state index in [-0.39, 0.29) is 0 Å². The average molecular weight is 219 g/mol. The van der Waals surface area contributed by atoms with E-state index in [9.17, 15) is 0 Å². The van der Waals surface area contributed by atoms with Crippen molar-refractivity contribution in [1.82, 2.24) is 4.90 Å². The summed E-state index contributed by atoms with van der Waals surface area (Å²) in [4.78, 5) is 2.48. The van der Waals surface area contributed by atoms with Gasteiger partial charge in [-0.25, -0.2) is 0 Å². The number of benzene rings is 1. The quantitative estimate of drug-likeness (QED) is 0.820. The molecule has 2 nitrogen and oxygen atoms in total. The van der Waals surface area contributed by atoms with Crippen molar-refractivity contribution in [3.63, 3.8) is 0 Å². The maximum atomic E-state index is 8.85. The molecular formula is C14H21NO. The number of aliphatic hydroxyl groups is 1. The highest BCUT2D eigenvalue weighted by molar-refractivity contribution is 5.22. The van der Waals surface area contributed by atoms with Gasteiger partial charge in [-0.1, -0.05) is 37.3 Å². The maximum absolute atomic E-state index is 8.85. The Kier molecular flexibility index (Phi) is 3.97. The van der Waals surface area contributed by atoms with Crippen molar-refractivity contribution < 1.29 is 5.11 Å². The molecule has 1 fully saturated rings. The molecule has 1 aromatic rings. The Labute approximate surface area is 97.9 Å². The Bertz CT molecular complexity index is 306. The molecule has 1 unspecified atom stereocenters. The van der Waals surface area contributed by atoms with Crippen LogP contribution in [0.25, 0.3) is 0 Å². The highest BCUT2D eigenvalue weighted by Crippen LogP contribution is 2.27. The van der Waals surface area contributed by atoms with E-state index in [1.54, 1.807) is 0 Å². The molecule has 0 aromatic heterocycles. The van der Waals surface area contributed by atoms with Gasteiger partial charge in [0.25, 0.3) is 0 Å². The highest BCUT2D eigenvalue weighted by atomic mass is 16.3. The van der Waals surface area contributed by atoms with Crippen LogP contribution in [0.1, 0.15) is 24.8 Å². The van der Waals surface area contributed by atoms with Crippen LogP contribution < -0.4 is 0 Å². The summed E-state index contributed by atoms with van der Waals surface area (Å²) in [5, 5.41) is 8.85. The predicted molar refractivity (Wildman–Crippen MR) is 66.5 cm³/mol. The van der Waals surface area contributed by atoms with Crippen molar-refractivity contribution in [2.45, 2.75) is 19.3 Å². The standard InChI is InChI=1S/C14H21NO/c1-12(7-8-16)9-15-10-14(11-15)13-5-3-2-4-6-13/h2-6,12,14,16H,7-11H2,1H3. The fourth-order valence-electron chi connectivity index (χ4n) is 2.41.